The van der Waals surface area contributed by atoms with Crippen molar-refractivity contribution in [3.05, 3.63) is 95.0 Å². The van der Waals surface area contributed by atoms with E-state index in [9.17, 15) is 14.3 Å². The van der Waals surface area contributed by atoms with Crippen molar-refractivity contribution >= 4 is 10.8 Å². The summed E-state index contributed by atoms with van der Waals surface area (Å²) in [6.45, 7) is 0.00862. The van der Waals surface area contributed by atoms with E-state index in [0.29, 0.717) is 17.0 Å². The van der Waals surface area contributed by atoms with Crippen LogP contribution in [0.15, 0.2) is 83.7 Å². The second-order valence-electron chi connectivity index (χ2n) is 6.72. The Labute approximate surface area is 166 Å². The van der Waals surface area contributed by atoms with Crippen LogP contribution in [0.4, 0.5) is 4.39 Å². The molecule has 1 aromatic heterocycles. The monoisotopic (exact) mass is 390 g/mol. The van der Waals surface area contributed by atoms with Gasteiger partial charge >= 0.3 is 0 Å². The molecule has 5 nitrogen and oxygen atoms in total. The fraction of sp³-hybridized carbons (Fsp3) is 0.130. The van der Waals surface area contributed by atoms with Crippen molar-refractivity contribution in [2.24, 2.45) is 0 Å². The molecule has 0 aliphatic heterocycles. The molecule has 6 heteroatoms. The minimum absolute atomic E-state index is 0.0125. The maximum atomic E-state index is 13.1. The zero-order valence-electron chi connectivity index (χ0n) is 15.5. The molecule has 1 N–H and O–H groups in total. The van der Waals surface area contributed by atoms with E-state index in [4.69, 9.17) is 4.74 Å². The van der Waals surface area contributed by atoms with Gasteiger partial charge in [0.05, 0.1) is 12.2 Å². The van der Waals surface area contributed by atoms with Gasteiger partial charge < -0.3 is 9.84 Å². The van der Waals surface area contributed by atoms with E-state index in [1.54, 1.807) is 18.2 Å². The molecule has 0 radical (unpaired) electrons. The molecular weight excluding hydrogens is 371 g/mol. The fourth-order valence-electron chi connectivity index (χ4n) is 3.06. The summed E-state index contributed by atoms with van der Waals surface area (Å²) in [5.74, 6) is 0.298. The molecule has 0 aliphatic rings. The number of ether oxygens (including phenoxy) is 1. The van der Waals surface area contributed by atoms with Gasteiger partial charge in [-0.15, -0.1) is 0 Å². The van der Waals surface area contributed by atoms with Crippen LogP contribution in [0.5, 0.6) is 5.75 Å². The Kier molecular flexibility index (Phi) is 5.35. The Bertz CT molecular complexity index is 1190. The molecule has 4 aromatic rings. The largest absolute Gasteiger partial charge is 0.491 e. The Morgan fingerprint density at radius 3 is 2.52 bits per heavy atom. The smallest absolute Gasteiger partial charge is 0.266 e. The van der Waals surface area contributed by atoms with E-state index in [2.05, 4.69) is 5.10 Å². The predicted octanol–water partition coefficient (Wildman–Crippen LogP) is 3.64. The summed E-state index contributed by atoms with van der Waals surface area (Å²) in [6.07, 6.45) is -0.921. The van der Waals surface area contributed by atoms with Crippen LogP contribution in [0.3, 0.4) is 0 Å². The Hall–Kier alpha value is -3.51. The predicted molar refractivity (Wildman–Crippen MR) is 109 cm³/mol. The summed E-state index contributed by atoms with van der Waals surface area (Å²) < 4.78 is 20.0. The number of halogens is 1. The highest BCUT2D eigenvalue weighted by Crippen LogP contribution is 2.21. The maximum absolute atomic E-state index is 13.1. The van der Waals surface area contributed by atoms with Gasteiger partial charge in [-0.05, 0) is 53.2 Å². The van der Waals surface area contributed by atoms with Crippen LogP contribution in [-0.4, -0.2) is 27.6 Å². The van der Waals surface area contributed by atoms with E-state index in [0.717, 1.165) is 10.8 Å². The fourth-order valence-corrected chi connectivity index (χ4v) is 3.06. The van der Waals surface area contributed by atoms with Gasteiger partial charge in [0.15, 0.2) is 0 Å². The number of aromatic nitrogens is 2. The van der Waals surface area contributed by atoms with Gasteiger partial charge in [0.2, 0.25) is 0 Å². The number of aliphatic hydroxyl groups is 1. The maximum Gasteiger partial charge on any atom is 0.266 e. The number of hydrogen-bond donors (Lipinski definition) is 1. The summed E-state index contributed by atoms with van der Waals surface area (Å²) in [4.78, 5) is 12.1. The molecule has 4 rings (SSSR count). The van der Waals surface area contributed by atoms with Crippen LogP contribution < -0.4 is 10.3 Å². The number of rotatable bonds is 6. The summed E-state index contributed by atoms with van der Waals surface area (Å²) >= 11 is 0. The third-order valence-electron chi connectivity index (χ3n) is 4.55. The lowest BCUT2D eigenvalue weighted by molar-refractivity contribution is 0.0881. The first-order valence-electron chi connectivity index (χ1n) is 9.22. The number of benzene rings is 3. The summed E-state index contributed by atoms with van der Waals surface area (Å²) in [6, 6.07) is 22.4. The van der Waals surface area contributed by atoms with E-state index < -0.39 is 6.10 Å². The highest BCUT2D eigenvalue weighted by atomic mass is 19.1. The third kappa shape index (κ3) is 4.50. The van der Waals surface area contributed by atoms with Gasteiger partial charge in [-0.25, -0.2) is 9.07 Å². The van der Waals surface area contributed by atoms with Crippen LogP contribution >= 0.6 is 0 Å². The molecule has 146 valence electrons. The number of hydrogen-bond acceptors (Lipinski definition) is 4. The minimum Gasteiger partial charge on any atom is -0.491 e. The Morgan fingerprint density at radius 2 is 1.72 bits per heavy atom. The van der Waals surface area contributed by atoms with Crippen molar-refractivity contribution in [1.82, 2.24) is 9.78 Å². The SMILES string of the molecule is O=c1ccc(-c2ccc(F)cc2)nn1CC(O)COc1ccc2ccccc2c1. The van der Waals surface area contributed by atoms with E-state index >= 15 is 0 Å². The lowest BCUT2D eigenvalue weighted by Crippen LogP contribution is -2.31. The molecule has 0 bridgehead atoms. The first-order valence-corrected chi connectivity index (χ1v) is 9.22. The zero-order valence-corrected chi connectivity index (χ0v) is 15.5. The molecule has 0 spiro atoms. The van der Waals surface area contributed by atoms with Gasteiger partial charge in [-0.2, -0.15) is 5.10 Å². The molecule has 29 heavy (non-hydrogen) atoms. The van der Waals surface area contributed by atoms with Crippen LogP contribution in [0.25, 0.3) is 22.0 Å². The highest BCUT2D eigenvalue weighted by Gasteiger charge is 2.11. The first-order chi connectivity index (χ1) is 14.1. The summed E-state index contributed by atoms with van der Waals surface area (Å²) in [5, 5.41) is 16.8. The average Bonchev–Trinajstić information content (AvgIpc) is 2.74. The lowest BCUT2D eigenvalue weighted by atomic mass is 10.1. The molecule has 0 saturated carbocycles. The normalized spacial score (nSPS) is 12.1. The topological polar surface area (TPSA) is 64.4 Å². The van der Waals surface area contributed by atoms with Crippen molar-refractivity contribution in [2.45, 2.75) is 12.6 Å². The standard InChI is InChI=1S/C23H19FN2O3/c24-19-8-5-17(6-9-19)22-11-12-23(28)26(25-22)14-20(27)15-29-21-10-7-16-3-1-2-4-18(16)13-21/h1-13,20,27H,14-15H2. The van der Waals surface area contributed by atoms with Gasteiger partial charge in [-0.1, -0.05) is 30.3 Å². The summed E-state index contributed by atoms with van der Waals surface area (Å²) in [7, 11) is 0. The van der Waals surface area contributed by atoms with Crippen molar-refractivity contribution in [3.8, 4) is 17.0 Å². The molecule has 1 heterocycles. The Balaban J connectivity index is 1.44. The van der Waals surface area contributed by atoms with Crippen molar-refractivity contribution in [3.63, 3.8) is 0 Å². The molecule has 3 aromatic carbocycles. The Morgan fingerprint density at radius 1 is 0.966 bits per heavy atom. The number of aliphatic hydroxyl groups excluding tert-OH is 1. The first kappa shape index (κ1) is 18.8. The second kappa shape index (κ2) is 8.24. The number of nitrogens with zero attached hydrogens (tertiary/aromatic N) is 2. The quantitative estimate of drug-likeness (QED) is 0.546. The van der Waals surface area contributed by atoms with Gasteiger partial charge in [0.25, 0.3) is 5.56 Å². The van der Waals surface area contributed by atoms with Crippen molar-refractivity contribution < 1.29 is 14.2 Å². The molecule has 1 unspecified atom stereocenters. The molecule has 0 saturated heterocycles. The molecule has 0 aliphatic carbocycles. The molecule has 1 atom stereocenters. The van der Waals surface area contributed by atoms with Crippen LogP contribution in [0, 0.1) is 5.82 Å². The van der Waals surface area contributed by atoms with Crippen molar-refractivity contribution in [1.29, 1.82) is 0 Å². The number of fused-ring (bicyclic) bond motifs is 1. The highest BCUT2D eigenvalue weighted by molar-refractivity contribution is 5.83. The van der Waals surface area contributed by atoms with E-state index in [-0.39, 0.29) is 24.5 Å². The lowest BCUT2D eigenvalue weighted by Gasteiger charge is -2.14. The summed E-state index contributed by atoms with van der Waals surface area (Å²) in [5.41, 5.74) is 0.870. The van der Waals surface area contributed by atoms with Crippen LogP contribution in [0.1, 0.15) is 0 Å². The second-order valence-corrected chi connectivity index (χ2v) is 6.72. The van der Waals surface area contributed by atoms with Crippen LogP contribution in [0.2, 0.25) is 0 Å². The zero-order chi connectivity index (χ0) is 20.2. The third-order valence-corrected chi connectivity index (χ3v) is 4.55. The minimum atomic E-state index is -0.921. The van der Waals surface area contributed by atoms with E-state index in [1.807, 2.05) is 42.5 Å². The average molecular weight is 390 g/mol. The van der Waals surface area contributed by atoms with Gasteiger partial charge in [0, 0.05) is 11.6 Å². The molecule has 0 fully saturated rings. The van der Waals surface area contributed by atoms with E-state index in [1.165, 1.54) is 22.9 Å². The molecule has 0 amide bonds. The van der Waals surface area contributed by atoms with Crippen molar-refractivity contribution in [2.75, 3.05) is 6.61 Å². The molecular formula is C23H19FN2O3. The van der Waals surface area contributed by atoms with Crippen LogP contribution in [-0.2, 0) is 6.54 Å². The van der Waals surface area contributed by atoms with Gasteiger partial charge in [-0.3, -0.25) is 4.79 Å². The van der Waals surface area contributed by atoms with Gasteiger partial charge in [0.1, 0.15) is 24.3 Å².